The van der Waals surface area contributed by atoms with Crippen LogP contribution in [0.5, 0.6) is 0 Å². The van der Waals surface area contributed by atoms with Gasteiger partial charge in [-0.25, -0.2) is 0 Å². The summed E-state index contributed by atoms with van der Waals surface area (Å²) in [7, 11) is 0. The molecule has 0 amide bonds. The monoisotopic (exact) mass is 166 g/mol. The number of hydrogen-bond donors (Lipinski definition) is 2. The van der Waals surface area contributed by atoms with Crippen LogP contribution in [-0.4, -0.2) is 6.72 Å². The summed E-state index contributed by atoms with van der Waals surface area (Å²) in [4.78, 5) is 0. The maximum absolute atomic E-state index is 5.50. The molecule has 0 saturated carbocycles. The average molecular weight is 166 g/mol. The first-order chi connectivity index (χ1) is 3.91. The molecule has 55 valence electrons. The van der Waals surface area contributed by atoms with Crippen LogP contribution in [0.4, 0.5) is 0 Å². The van der Waals surface area contributed by atoms with E-state index in [2.05, 4.69) is 12.8 Å². The van der Waals surface area contributed by atoms with Crippen molar-refractivity contribution in [2.75, 3.05) is 0 Å². The standard InChI is InChI=1S/C3H6N.C2H6.CH3N.V/c1-2-3-4;2*1-2;/h3H,4H2,1H3;1-2H3;2H,1H2;/q-1;;;. The summed E-state index contributed by atoms with van der Waals surface area (Å²) in [6.45, 7) is 8.25. The Morgan fingerprint density at radius 3 is 1.56 bits per heavy atom. The van der Waals surface area contributed by atoms with Crippen LogP contribution in [-0.2, 0) is 18.6 Å². The summed E-state index contributed by atoms with van der Waals surface area (Å²) in [6, 6.07) is 0. The molecule has 3 heteroatoms. The van der Waals surface area contributed by atoms with Gasteiger partial charge in [0.15, 0.2) is 0 Å². The minimum absolute atomic E-state index is 0. The molecule has 0 aromatic heterocycles. The molecule has 0 heterocycles. The van der Waals surface area contributed by atoms with Crippen molar-refractivity contribution in [3.8, 4) is 0 Å². The van der Waals surface area contributed by atoms with Gasteiger partial charge in [-0.05, 0) is 6.72 Å². The Kier molecular flexibility index (Phi) is 289. The van der Waals surface area contributed by atoms with E-state index >= 15 is 0 Å². The van der Waals surface area contributed by atoms with Gasteiger partial charge in [-0.15, -0.1) is 0 Å². The van der Waals surface area contributed by atoms with Crippen LogP contribution in [0, 0.1) is 11.5 Å². The number of rotatable bonds is 0. The van der Waals surface area contributed by atoms with Crippen molar-refractivity contribution >= 4 is 6.72 Å². The molecule has 0 aromatic carbocycles. The van der Waals surface area contributed by atoms with Gasteiger partial charge in [-0.1, -0.05) is 13.8 Å². The van der Waals surface area contributed by atoms with Crippen molar-refractivity contribution in [1.82, 2.24) is 0 Å². The van der Waals surface area contributed by atoms with Crippen molar-refractivity contribution < 1.29 is 18.6 Å². The predicted octanol–water partition coefficient (Wildman–Crippen LogP) is 1.57. The van der Waals surface area contributed by atoms with Gasteiger partial charge in [-0.2, -0.15) is 13.1 Å². The molecule has 0 aromatic rings. The van der Waals surface area contributed by atoms with Gasteiger partial charge in [0.05, 0.1) is 0 Å². The zero-order chi connectivity index (χ0) is 7.41. The topological polar surface area (TPSA) is 49.9 Å². The Bertz CT molecular complexity index is 34.0. The molecule has 2 nitrogen and oxygen atoms in total. The molecule has 9 heavy (non-hydrogen) atoms. The SMILES string of the molecule is C=N.CC.C[C-]=CN.[V]. The predicted molar refractivity (Wildman–Crippen MR) is 38.9 cm³/mol. The van der Waals surface area contributed by atoms with Crippen molar-refractivity contribution in [3.05, 3.63) is 12.3 Å². The van der Waals surface area contributed by atoms with Crippen molar-refractivity contribution in [2.45, 2.75) is 20.8 Å². The van der Waals surface area contributed by atoms with Crippen molar-refractivity contribution in [3.63, 3.8) is 0 Å². The van der Waals surface area contributed by atoms with E-state index in [-0.39, 0.29) is 18.6 Å². The van der Waals surface area contributed by atoms with E-state index in [1.807, 2.05) is 13.8 Å². The van der Waals surface area contributed by atoms with E-state index in [4.69, 9.17) is 11.1 Å². The molecule has 0 aliphatic carbocycles. The fourth-order valence-corrected chi connectivity index (χ4v) is 0. The first kappa shape index (κ1) is 23.2. The fourth-order valence-electron chi connectivity index (χ4n) is 0. The summed E-state index contributed by atoms with van der Waals surface area (Å²) in [5.74, 6) is 0. The molecule has 1 radical (unpaired) electrons. The van der Waals surface area contributed by atoms with Gasteiger partial charge >= 0.3 is 0 Å². The van der Waals surface area contributed by atoms with Crippen LogP contribution in [0.15, 0.2) is 6.20 Å². The minimum atomic E-state index is 0. The number of hydrogen-bond acceptors (Lipinski definition) is 2. The smallest absolute Gasteiger partial charge is 0 e. The summed E-state index contributed by atoms with van der Waals surface area (Å²) in [5, 5.41) is 5.50. The largest absolute Gasteiger partial charge is 0.483 e. The van der Waals surface area contributed by atoms with Crippen LogP contribution in [0.3, 0.4) is 0 Å². The minimum Gasteiger partial charge on any atom is -0.483 e. The van der Waals surface area contributed by atoms with Gasteiger partial charge in [-0.3, -0.25) is 0 Å². The van der Waals surface area contributed by atoms with Gasteiger partial charge < -0.3 is 17.2 Å². The van der Waals surface area contributed by atoms with Crippen LogP contribution < -0.4 is 5.73 Å². The molecule has 0 unspecified atom stereocenters. The van der Waals surface area contributed by atoms with Crippen LogP contribution in [0.1, 0.15) is 20.8 Å². The molecular formula is C6H15N2V-. The van der Waals surface area contributed by atoms with E-state index in [1.165, 1.54) is 6.20 Å². The molecule has 0 aliphatic rings. The molecule has 0 atom stereocenters. The Morgan fingerprint density at radius 2 is 1.56 bits per heavy atom. The third kappa shape index (κ3) is 415. The second kappa shape index (κ2) is 112. The van der Waals surface area contributed by atoms with Crippen LogP contribution in [0.25, 0.3) is 0 Å². The van der Waals surface area contributed by atoms with E-state index < -0.39 is 0 Å². The van der Waals surface area contributed by atoms with Crippen molar-refractivity contribution in [2.24, 2.45) is 5.73 Å². The van der Waals surface area contributed by atoms with E-state index in [9.17, 15) is 0 Å². The first-order valence-corrected chi connectivity index (χ1v) is 2.48. The molecular weight excluding hydrogens is 151 g/mol. The molecule has 0 rings (SSSR count). The summed E-state index contributed by atoms with van der Waals surface area (Å²) < 4.78 is 0. The average Bonchev–Trinajstić information content (AvgIpc) is 1.96. The molecule has 0 fully saturated rings. The second-order valence-corrected chi connectivity index (χ2v) is 0.455. The number of allylic oxidation sites excluding steroid dienone is 1. The molecule has 0 saturated heterocycles. The van der Waals surface area contributed by atoms with E-state index in [0.717, 1.165) is 0 Å². The number of nitrogens with two attached hydrogens (primary N) is 1. The second-order valence-electron chi connectivity index (χ2n) is 0.455. The fraction of sp³-hybridized carbons (Fsp3) is 0.500. The van der Waals surface area contributed by atoms with E-state index in [0.29, 0.717) is 0 Å². The Balaban J connectivity index is -0.0000000221. The van der Waals surface area contributed by atoms with Gasteiger partial charge in [0.2, 0.25) is 0 Å². The van der Waals surface area contributed by atoms with Gasteiger partial charge in [0.25, 0.3) is 0 Å². The summed E-state index contributed by atoms with van der Waals surface area (Å²) in [6.07, 6.45) is 3.96. The molecule has 3 N–H and O–H groups in total. The molecule has 0 aliphatic heterocycles. The number of nitrogens with one attached hydrogen (secondary N) is 1. The van der Waals surface area contributed by atoms with Crippen molar-refractivity contribution in [1.29, 1.82) is 5.41 Å². The molecule has 0 bridgehead atoms. The normalized spacial score (nSPS) is 5.22. The third-order valence-corrected chi connectivity index (χ3v) is 0.167. The Morgan fingerprint density at radius 1 is 1.44 bits per heavy atom. The van der Waals surface area contributed by atoms with Gasteiger partial charge in [0, 0.05) is 18.6 Å². The maximum Gasteiger partial charge on any atom is 0 e. The van der Waals surface area contributed by atoms with Gasteiger partial charge in [0.1, 0.15) is 0 Å². The van der Waals surface area contributed by atoms with E-state index in [1.54, 1.807) is 6.92 Å². The first-order valence-electron chi connectivity index (χ1n) is 2.48. The third-order valence-electron chi connectivity index (χ3n) is 0.167. The Hall–Kier alpha value is -0.206. The quantitative estimate of drug-likeness (QED) is 0.416. The van der Waals surface area contributed by atoms with Crippen LogP contribution >= 0.6 is 0 Å². The zero-order valence-electron chi connectivity index (χ0n) is 6.31. The summed E-state index contributed by atoms with van der Waals surface area (Å²) >= 11 is 0. The van der Waals surface area contributed by atoms with Crippen LogP contribution in [0.2, 0.25) is 0 Å². The molecule has 0 spiro atoms. The summed E-state index contributed by atoms with van der Waals surface area (Å²) in [5.41, 5.74) is 4.79. The Labute approximate surface area is 69.9 Å². The zero-order valence-corrected chi connectivity index (χ0v) is 7.71. The maximum atomic E-state index is 5.50.